The van der Waals surface area contributed by atoms with E-state index in [-0.39, 0.29) is 30.5 Å². The zero-order valence-corrected chi connectivity index (χ0v) is 15.0. The first-order chi connectivity index (χ1) is 10.6. The van der Waals surface area contributed by atoms with Crippen molar-refractivity contribution in [2.24, 2.45) is 28.9 Å². The van der Waals surface area contributed by atoms with Crippen molar-refractivity contribution in [1.29, 1.82) is 0 Å². The Kier molecular flexibility index (Phi) is 4.97. The molecule has 2 N–H and O–H groups in total. The Morgan fingerprint density at radius 1 is 1.13 bits per heavy atom. The van der Waals surface area contributed by atoms with E-state index in [1.807, 2.05) is 11.9 Å². The van der Waals surface area contributed by atoms with Crippen molar-refractivity contribution < 1.29 is 9.53 Å². The molecule has 5 fully saturated rings. The van der Waals surface area contributed by atoms with Crippen molar-refractivity contribution in [3.05, 3.63) is 0 Å². The summed E-state index contributed by atoms with van der Waals surface area (Å²) >= 11 is 0. The van der Waals surface area contributed by atoms with Gasteiger partial charge in [-0.05, 0) is 74.5 Å². The van der Waals surface area contributed by atoms with E-state index in [9.17, 15) is 4.79 Å². The molecular weight excluding hydrogens is 312 g/mol. The Hall–Kier alpha value is -0.320. The molecule has 1 aliphatic heterocycles. The third kappa shape index (κ3) is 3.27. The van der Waals surface area contributed by atoms with Gasteiger partial charge in [-0.25, -0.2) is 0 Å². The molecule has 132 valence electrons. The predicted octanol–water partition coefficient (Wildman–Crippen LogP) is 2.59. The molecule has 1 heterocycles. The maximum absolute atomic E-state index is 12.7. The summed E-state index contributed by atoms with van der Waals surface area (Å²) in [4.78, 5) is 14.7. The number of nitrogens with two attached hydrogens (primary N) is 1. The fourth-order valence-electron chi connectivity index (χ4n) is 6.37. The topological polar surface area (TPSA) is 55.6 Å². The Bertz CT molecular complexity index is 421. The van der Waals surface area contributed by atoms with Crippen molar-refractivity contribution in [2.45, 2.75) is 63.6 Å². The number of carbonyl (C=O) groups excluding carboxylic acids is 1. The summed E-state index contributed by atoms with van der Waals surface area (Å²) in [5, 5.41) is 0. The fraction of sp³-hybridized carbons (Fsp3) is 0.944. The molecule has 0 radical (unpaired) electrons. The highest BCUT2D eigenvalue weighted by Crippen LogP contribution is 2.60. The number of hydrogen-bond donors (Lipinski definition) is 1. The average Bonchev–Trinajstić information content (AvgIpc) is 2.93. The molecule has 0 spiro atoms. The van der Waals surface area contributed by atoms with Gasteiger partial charge in [0.15, 0.2) is 0 Å². The molecule has 4 bridgehead atoms. The number of carbonyl (C=O) groups is 1. The SMILES string of the molecule is CN(CC12CC3CC(CC(C3)C1)C2)C(=O)[C@@H]1CC[C@H](CN)O1.Cl. The van der Waals surface area contributed by atoms with Crippen LogP contribution in [0.3, 0.4) is 0 Å². The fourth-order valence-corrected chi connectivity index (χ4v) is 6.37. The van der Waals surface area contributed by atoms with E-state index in [0.717, 1.165) is 37.1 Å². The lowest BCUT2D eigenvalue weighted by Crippen LogP contribution is -2.52. The minimum atomic E-state index is -0.243. The normalized spacial score (nSPS) is 44.2. The highest BCUT2D eigenvalue weighted by molar-refractivity contribution is 5.85. The summed E-state index contributed by atoms with van der Waals surface area (Å²) in [6, 6.07) is 0. The first-order valence-corrected chi connectivity index (χ1v) is 9.17. The molecule has 0 aromatic rings. The second kappa shape index (κ2) is 6.53. The van der Waals surface area contributed by atoms with Gasteiger partial charge >= 0.3 is 0 Å². The Morgan fingerprint density at radius 2 is 1.70 bits per heavy atom. The minimum Gasteiger partial charge on any atom is -0.364 e. The van der Waals surface area contributed by atoms with E-state index in [4.69, 9.17) is 10.5 Å². The summed E-state index contributed by atoms with van der Waals surface area (Å²) in [6.45, 7) is 1.48. The quantitative estimate of drug-likeness (QED) is 0.854. The number of nitrogens with zero attached hydrogens (tertiary/aromatic N) is 1. The molecule has 0 aromatic heterocycles. The average molecular weight is 343 g/mol. The van der Waals surface area contributed by atoms with Crippen molar-refractivity contribution in [3.8, 4) is 0 Å². The smallest absolute Gasteiger partial charge is 0.251 e. The van der Waals surface area contributed by atoms with Gasteiger partial charge in [-0.3, -0.25) is 4.79 Å². The van der Waals surface area contributed by atoms with Crippen LogP contribution in [0.5, 0.6) is 0 Å². The maximum Gasteiger partial charge on any atom is 0.251 e. The first kappa shape index (κ1) is 17.5. The lowest BCUT2D eigenvalue weighted by Gasteiger charge is -2.57. The van der Waals surface area contributed by atoms with Crippen LogP contribution in [-0.2, 0) is 9.53 Å². The van der Waals surface area contributed by atoms with Crippen LogP contribution in [0.4, 0.5) is 0 Å². The summed E-state index contributed by atoms with van der Waals surface area (Å²) in [6.07, 6.45) is 10.1. The highest BCUT2D eigenvalue weighted by Gasteiger charge is 2.51. The molecule has 5 rings (SSSR count). The van der Waals surface area contributed by atoms with Crippen LogP contribution >= 0.6 is 12.4 Å². The van der Waals surface area contributed by atoms with E-state index < -0.39 is 0 Å². The van der Waals surface area contributed by atoms with Crippen LogP contribution in [0.25, 0.3) is 0 Å². The van der Waals surface area contributed by atoms with Gasteiger partial charge in [-0.15, -0.1) is 12.4 Å². The molecule has 2 atom stereocenters. The van der Waals surface area contributed by atoms with Crippen molar-refractivity contribution in [3.63, 3.8) is 0 Å². The highest BCUT2D eigenvalue weighted by atomic mass is 35.5. The second-order valence-electron chi connectivity index (χ2n) is 8.67. The van der Waals surface area contributed by atoms with Crippen molar-refractivity contribution in [1.82, 2.24) is 4.90 Å². The van der Waals surface area contributed by atoms with Crippen LogP contribution in [0, 0.1) is 23.2 Å². The van der Waals surface area contributed by atoms with Crippen LogP contribution in [0.2, 0.25) is 0 Å². The van der Waals surface area contributed by atoms with Gasteiger partial charge < -0.3 is 15.4 Å². The van der Waals surface area contributed by atoms with E-state index in [1.54, 1.807) is 0 Å². The largest absolute Gasteiger partial charge is 0.364 e. The zero-order chi connectivity index (χ0) is 15.3. The lowest BCUT2D eigenvalue weighted by atomic mass is 9.49. The number of hydrogen-bond acceptors (Lipinski definition) is 3. The summed E-state index contributed by atoms with van der Waals surface area (Å²) < 4.78 is 5.80. The van der Waals surface area contributed by atoms with Gasteiger partial charge in [0, 0.05) is 20.1 Å². The molecular formula is C18H31ClN2O2. The number of rotatable bonds is 4. The van der Waals surface area contributed by atoms with Crippen molar-refractivity contribution >= 4 is 18.3 Å². The standard InChI is InChI=1S/C18H30N2O2.ClH/c1-20(17(21)16-3-2-15(10-19)22-16)11-18-7-12-4-13(8-18)6-14(5-12)9-18;/h12-16H,2-11,19H2,1H3;1H/t12?,13?,14?,15-,16+,18?;/m1./s1. The number of amides is 1. The molecule has 5 aliphatic rings. The monoisotopic (exact) mass is 342 g/mol. The van der Waals surface area contributed by atoms with E-state index >= 15 is 0 Å². The summed E-state index contributed by atoms with van der Waals surface area (Å²) in [7, 11) is 1.99. The molecule has 0 aromatic carbocycles. The third-order valence-corrected chi connectivity index (χ3v) is 6.76. The minimum absolute atomic E-state index is 0. The molecule has 1 amide bonds. The van der Waals surface area contributed by atoms with E-state index in [2.05, 4.69) is 0 Å². The van der Waals surface area contributed by atoms with Crippen molar-refractivity contribution in [2.75, 3.05) is 20.1 Å². The molecule has 1 saturated heterocycles. The third-order valence-electron chi connectivity index (χ3n) is 6.76. The van der Waals surface area contributed by atoms with Gasteiger partial charge in [0.1, 0.15) is 6.10 Å². The van der Waals surface area contributed by atoms with Gasteiger partial charge in [0.25, 0.3) is 5.91 Å². The van der Waals surface area contributed by atoms with Gasteiger partial charge in [0.2, 0.25) is 0 Å². The summed E-state index contributed by atoms with van der Waals surface area (Å²) in [5.74, 6) is 3.02. The molecule has 4 saturated carbocycles. The second-order valence-corrected chi connectivity index (χ2v) is 8.67. The van der Waals surface area contributed by atoms with Gasteiger partial charge in [-0.1, -0.05) is 0 Å². The number of halogens is 1. The van der Waals surface area contributed by atoms with Crippen LogP contribution < -0.4 is 5.73 Å². The number of likely N-dealkylation sites (N-methyl/N-ethyl adjacent to an activating group) is 1. The van der Waals surface area contributed by atoms with E-state index in [1.165, 1.54) is 38.5 Å². The van der Waals surface area contributed by atoms with E-state index in [0.29, 0.717) is 12.0 Å². The van der Waals surface area contributed by atoms with Crippen LogP contribution in [0.1, 0.15) is 51.4 Å². The van der Waals surface area contributed by atoms with Crippen LogP contribution in [0.15, 0.2) is 0 Å². The Labute approximate surface area is 145 Å². The number of ether oxygens (including phenoxy) is 1. The summed E-state index contributed by atoms with van der Waals surface area (Å²) in [5.41, 5.74) is 6.08. The van der Waals surface area contributed by atoms with Crippen LogP contribution in [-0.4, -0.2) is 43.2 Å². The Morgan fingerprint density at radius 3 is 2.17 bits per heavy atom. The zero-order valence-electron chi connectivity index (χ0n) is 14.2. The van der Waals surface area contributed by atoms with Gasteiger partial charge in [-0.2, -0.15) is 0 Å². The molecule has 4 nitrogen and oxygen atoms in total. The molecule has 23 heavy (non-hydrogen) atoms. The molecule has 4 aliphatic carbocycles. The molecule has 0 unspecified atom stereocenters. The predicted molar refractivity (Wildman–Crippen MR) is 92.4 cm³/mol. The Balaban J connectivity index is 0.00000156. The molecule has 5 heteroatoms. The first-order valence-electron chi connectivity index (χ1n) is 9.17. The maximum atomic E-state index is 12.7. The van der Waals surface area contributed by atoms with Gasteiger partial charge in [0.05, 0.1) is 6.10 Å². The lowest BCUT2D eigenvalue weighted by molar-refractivity contribution is -0.146.